The lowest BCUT2D eigenvalue weighted by Gasteiger charge is -2.31. The van der Waals surface area contributed by atoms with Crippen molar-refractivity contribution in [2.45, 2.75) is 64.1 Å². The molecule has 0 radical (unpaired) electrons. The number of alkyl carbamates (subject to hydrolysis) is 1. The van der Waals surface area contributed by atoms with Gasteiger partial charge in [-0.2, -0.15) is 0 Å². The minimum atomic E-state index is -0.480. The first-order valence-corrected chi connectivity index (χ1v) is 9.80. The smallest absolute Gasteiger partial charge is 0.407 e. The molecule has 1 heterocycles. The highest BCUT2D eigenvalue weighted by molar-refractivity contribution is 9.11. The third-order valence-electron chi connectivity index (χ3n) is 4.05. The summed E-state index contributed by atoms with van der Waals surface area (Å²) in [5.74, 6) is 0. The van der Waals surface area contributed by atoms with Gasteiger partial charge in [0.05, 0.1) is 5.69 Å². The molecular formula is C17H25Br2N3O2. The van der Waals surface area contributed by atoms with E-state index < -0.39 is 5.60 Å². The number of hydrogen-bond acceptors (Lipinski definition) is 4. The Morgan fingerprint density at radius 2 is 2.00 bits per heavy atom. The van der Waals surface area contributed by atoms with Gasteiger partial charge < -0.3 is 15.4 Å². The van der Waals surface area contributed by atoms with Gasteiger partial charge in [-0.05, 0) is 71.5 Å². The van der Waals surface area contributed by atoms with Crippen molar-refractivity contribution in [1.82, 2.24) is 15.6 Å². The lowest BCUT2D eigenvalue weighted by atomic mass is 9.97. The van der Waals surface area contributed by atoms with E-state index in [4.69, 9.17) is 4.74 Å². The number of amides is 1. The van der Waals surface area contributed by atoms with Crippen LogP contribution in [0.4, 0.5) is 4.79 Å². The molecule has 2 rings (SSSR count). The van der Waals surface area contributed by atoms with Crippen LogP contribution in [-0.2, 0) is 11.3 Å². The van der Waals surface area contributed by atoms with Crippen molar-refractivity contribution in [1.29, 1.82) is 0 Å². The van der Waals surface area contributed by atoms with Crippen LogP contribution in [0.15, 0.2) is 21.2 Å². The van der Waals surface area contributed by atoms with E-state index in [2.05, 4.69) is 47.5 Å². The lowest BCUT2D eigenvalue weighted by molar-refractivity contribution is 0.0509. The monoisotopic (exact) mass is 461 g/mol. The predicted octanol–water partition coefficient (Wildman–Crippen LogP) is 4.53. The van der Waals surface area contributed by atoms with Crippen molar-refractivity contribution in [2.75, 3.05) is 6.54 Å². The van der Waals surface area contributed by atoms with E-state index in [-0.39, 0.29) is 11.6 Å². The van der Waals surface area contributed by atoms with E-state index in [1.54, 1.807) is 6.20 Å². The normalized spacial score (nSPS) is 16.9. The fourth-order valence-corrected chi connectivity index (χ4v) is 4.00. The van der Waals surface area contributed by atoms with Crippen LogP contribution in [0.2, 0.25) is 0 Å². The minimum Gasteiger partial charge on any atom is -0.444 e. The van der Waals surface area contributed by atoms with Crippen molar-refractivity contribution >= 4 is 38.0 Å². The van der Waals surface area contributed by atoms with Crippen LogP contribution >= 0.6 is 31.9 Å². The van der Waals surface area contributed by atoms with Gasteiger partial charge in [0.2, 0.25) is 0 Å². The van der Waals surface area contributed by atoms with Crippen LogP contribution in [0.1, 0.15) is 52.1 Å². The average Bonchev–Trinajstić information content (AvgIpc) is 2.92. The summed E-state index contributed by atoms with van der Waals surface area (Å²) < 4.78 is 7.25. The number of ether oxygens (including phenoxy) is 1. The molecule has 0 bridgehead atoms. The van der Waals surface area contributed by atoms with Gasteiger partial charge in [0, 0.05) is 33.8 Å². The molecule has 134 valence electrons. The molecule has 1 aromatic heterocycles. The zero-order valence-corrected chi connectivity index (χ0v) is 17.6. The molecule has 1 fully saturated rings. The second-order valence-electron chi connectivity index (χ2n) is 7.28. The molecule has 1 aliphatic carbocycles. The Hall–Kier alpha value is -0.660. The fraction of sp³-hybridized carbons (Fsp3) is 0.647. The zero-order valence-electron chi connectivity index (χ0n) is 14.4. The predicted molar refractivity (Wildman–Crippen MR) is 102 cm³/mol. The molecule has 2 N–H and O–H groups in total. The van der Waals surface area contributed by atoms with Crippen LogP contribution in [0.5, 0.6) is 0 Å². The molecule has 7 heteroatoms. The molecule has 0 unspecified atom stereocenters. The molecule has 0 aromatic carbocycles. The second kappa shape index (κ2) is 8.15. The summed E-state index contributed by atoms with van der Waals surface area (Å²) in [5, 5.41) is 6.53. The first kappa shape index (κ1) is 19.7. The maximum absolute atomic E-state index is 11.9. The topological polar surface area (TPSA) is 63.2 Å². The Morgan fingerprint density at radius 3 is 2.58 bits per heavy atom. The Kier molecular flexibility index (Phi) is 6.67. The highest BCUT2D eigenvalue weighted by Gasteiger charge is 2.34. The fourth-order valence-electron chi connectivity index (χ4n) is 2.87. The van der Waals surface area contributed by atoms with Crippen LogP contribution in [0, 0.1) is 0 Å². The number of nitrogens with zero attached hydrogens (tertiary/aromatic N) is 1. The summed E-state index contributed by atoms with van der Waals surface area (Å²) >= 11 is 6.96. The summed E-state index contributed by atoms with van der Waals surface area (Å²) in [4.78, 5) is 16.4. The van der Waals surface area contributed by atoms with E-state index >= 15 is 0 Å². The first-order valence-electron chi connectivity index (χ1n) is 8.21. The van der Waals surface area contributed by atoms with Gasteiger partial charge in [-0.1, -0.05) is 12.8 Å². The van der Waals surface area contributed by atoms with Crippen molar-refractivity contribution in [3.8, 4) is 0 Å². The van der Waals surface area contributed by atoms with E-state index in [1.165, 1.54) is 0 Å². The number of halogens is 2. The maximum Gasteiger partial charge on any atom is 0.407 e. The Morgan fingerprint density at radius 1 is 1.33 bits per heavy atom. The van der Waals surface area contributed by atoms with Gasteiger partial charge in [0.25, 0.3) is 0 Å². The van der Waals surface area contributed by atoms with Gasteiger partial charge in [-0.15, -0.1) is 0 Å². The minimum absolute atomic E-state index is 0.0922. The van der Waals surface area contributed by atoms with E-state index in [0.717, 1.165) is 40.3 Å². The van der Waals surface area contributed by atoms with Crippen LogP contribution in [0.3, 0.4) is 0 Å². The van der Waals surface area contributed by atoms with Gasteiger partial charge in [0.1, 0.15) is 5.60 Å². The SMILES string of the molecule is CC(C)(C)OC(=O)NCC1(NCc2ncc(Br)cc2Br)CCCC1. The molecule has 1 aliphatic rings. The van der Waals surface area contributed by atoms with Crippen molar-refractivity contribution in [3.05, 3.63) is 26.9 Å². The highest BCUT2D eigenvalue weighted by Crippen LogP contribution is 2.30. The average molecular weight is 463 g/mol. The summed E-state index contributed by atoms with van der Waals surface area (Å²) in [6.45, 7) is 6.83. The molecule has 1 saturated carbocycles. The maximum atomic E-state index is 11.9. The quantitative estimate of drug-likeness (QED) is 0.674. The van der Waals surface area contributed by atoms with E-state index in [9.17, 15) is 4.79 Å². The molecule has 0 saturated heterocycles. The van der Waals surface area contributed by atoms with Gasteiger partial charge in [-0.3, -0.25) is 4.98 Å². The molecule has 1 amide bonds. The molecular weight excluding hydrogens is 438 g/mol. The lowest BCUT2D eigenvalue weighted by Crippen LogP contribution is -2.52. The van der Waals surface area contributed by atoms with Crippen LogP contribution < -0.4 is 10.6 Å². The van der Waals surface area contributed by atoms with Crippen molar-refractivity contribution in [3.63, 3.8) is 0 Å². The number of aromatic nitrogens is 1. The molecule has 5 nitrogen and oxygen atoms in total. The number of carbonyl (C=O) groups excluding carboxylic acids is 1. The number of carbonyl (C=O) groups is 1. The highest BCUT2D eigenvalue weighted by atomic mass is 79.9. The third-order valence-corrected chi connectivity index (χ3v) is 5.17. The second-order valence-corrected chi connectivity index (χ2v) is 9.05. The number of rotatable bonds is 5. The third kappa shape index (κ3) is 6.01. The summed E-state index contributed by atoms with van der Waals surface area (Å²) in [6, 6.07) is 1.99. The summed E-state index contributed by atoms with van der Waals surface area (Å²) in [7, 11) is 0. The molecule has 0 aliphatic heterocycles. The molecule has 0 spiro atoms. The van der Waals surface area contributed by atoms with Crippen molar-refractivity contribution in [2.24, 2.45) is 0 Å². The number of hydrogen-bond donors (Lipinski definition) is 2. The summed E-state index contributed by atoms with van der Waals surface area (Å²) in [5.41, 5.74) is 0.388. The van der Waals surface area contributed by atoms with E-state index in [1.807, 2.05) is 26.8 Å². The van der Waals surface area contributed by atoms with Gasteiger partial charge >= 0.3 is 6.09 Å². The van der Waals surface area contributed by atoms with Crippen LogP contribution in [0.25, 0.3) is 0 Å². The molecule has 1 aromatic rings. The Labute approximate surface area is 160 Å². The number of pyridine rings is 1. The molecule has 24 heavy (non-hydrogen) atoms. The Balaban J connectivity index is 1.94. The standard InChI is InChI=1S/C17H25Br2N3O2/c1-16(2,3)24-15(23)21-11-17(6-4-5-7-17)22-10-14-13(19)8-12(18)9-20-14/h8-9,22H,4-7,10-11H2,1-3H3,(H,21,23). The zero-order chi connectivity index (χ0) is 17.8. The first-order chi connectivity index (χ1) is 11.2. The summed E-state index contributed by atoms with van der Waals surface area (Å²) in [6.07, 6.45) is 5.84. The van der Waals surface area contributed by atoms with Crippen molar-refractivity contribution < 1.29 is 9.53 Å². The largest absolute Gasteiger partial charge is 0.444 e. The van der Waals surface area contributed by atoms with Gasteiger partial charge in [0.15, 0.2) is 0 Å². The Bertz CT molecular complexity index is 582. The van der Waals surface area contributed by atoms with Crippen LogP contribution in [-0.4, -0.2) is 28.8 Å². The molecule has 0 atom stereocenters. The van der Waals surface area contributed by atoms with Gasteiger partial charge in [-0.25, -0.2) is 4.79 Å². The number of nitrogens with one attached hydrogen (secondary N) is 2. The van der Waals surface area contributed by atoms with E-state index in [0.29, 0.717) is 13.1 Å².